The van der Waals surface area contributed by atoms with Gasteiger partial charge in [-0.25, -0.2) is 9.24 Å². The van der Waals surface area contributed by atoms with Crippen LogP contribution in [0.1, 0.15) is 26.3 Å². The molecule has 0 aliphatic heterocycles. The normalized spacial score (nSPS) is 11.1. The number of hydrogen-bond donors (Lipinski definition) is 0. The molecule has 2 nitrogen and oxygen atoms in total. The summed E-state index contributed by atoms with van der Waals surface area (Å²) < 4.78 is 18.5. The predicted octanol–water partition coefficient (Wildman–Crippen LogP) is 3.69. The average molecular weight is 207 g/mol. The molecule has 80 valence electrons. The number of benzene rings is 1. The van der Waals surface area contributed by atoms with Gasteiger partial charge >= 0.3 is 0 Å². The van der Waals surface area contributed by atoms with Crippen LogP contribution in [0.2, 0.25) is 0 Å². The number of hydrogen-bond acceptors (Lipinski definition) is 1. The monoisotopic (exact) mass is 207 g/mol. The molecule has 0 saturated carbocycles. The van der Waals surface area contributed by atoms with Crippen LogP contribution in [0.3, 0.4) is 0 Å². The van der Waals surface area contributed by atoms with Gasteiger partial charge in [0.25, 0.3) is 0 Å². The standard InChI is InChI=1S/C12H14FNO/c1-12(2,3)15-8-9-5-6-10(13)11(7-9)14-4/h5-7H,8H2,1-3H3. The maximum atomic E-state index is 13.0. The van der Waals surface area contributed by atoms with Gasteiger partial charge in [-0.15, -0.1) is 0 Å². The summed E-state index contributed by atoms with van der Waals surface area (Å²) >= 11 is 0. The van der Waals surface area contributed by atoms with Gasteiger partial charge < -0.3 is 4.74 Å². The van der Waals surface area contributed by atoms with Crippen molar-refractivity contribution in [2.45, 2.75) is 33.0 Å². The fourth-order valence-corrected chi connectivity index (χ4v) is 1.03. The summed E-state index contributed by atoms with van der Waals surface area (Å²) in [6, 6.07) is 4.46. The fraction of sp³-hybridized carbons (Fsp3) is 0.417. The Morgan fingerprint density at radius 3 is 2.60 bits per heavy atom. The van der Waals surface area contributed by atoms with Crippen molar-refractivity contribution in [1.29, 1.82) is 0 Å². The quantitative estimate of drug-likeness (QED) is 0.674. The van der Waals surface area contributed by atoms with Gasteiger partial charge in [0.2, 0.25) is 5.69 Å². The summed E-state index contributed by atoms with van der Waals surface area (Å²) in [5.74, 6) is -0.482. The van der Waals surface area contributed by atoms with E-state index in [1.54, 1.807) is 6.07 Å². The van der Waals surface area contributed by atoms with Crippen LogP contribution in [0.4, 0.5) is 10.1 Å². The molecule has 0 bridgehead atoms. The fourth-order valence-electron chi connectivity index (χ4n) is 1.03. The van der Waals surface area contributed by atoms with Gasteiger partial charge in [0, 0.05) is 0 Å². The van der Waals surface area contributed by atoms with Crippen LogP contribution in [0.25, 0.3) is 4.85 Å². The Morgan fingerprint density at radius 1 is 1.40 bits per heavy atom. The second-order valence-electron chi connectivity index (χ2n) is 4.30. The van der Waals surface area contributed by atoms with Crippen LogP contribution in [0.15, 0.2) is 18.2 Å². The van der Waals surface area contributed by atoms with E-state index in [0.717, 1.165) is 5.56 Å². The molecule has 0 radical (unpaired) electrons. The van der Waals surface area contributed by atoms with E-state index in [-0.39, 0.29) is 11.3 Å². The third-order valence-electron chi connectivity index (χ3n) is 1.80. The minimum Gasteiger partial charge on any atom is -0.371 e. The van der Waals surface area contributed by atoms with E-state index in [1.807, 2.05) is 20.8 Å². The molecule has 1 rings (SSSR count). The lowest BCUT2D eigenvalue weighted by Crippen LogP contribution is -2.18. The second kappa shape index (κ2) is 4.41. The number of rotatable bonds is 2. The molecule has 0 N–H and O–H groups in total. The van der Waals surface area contributed by atoms with Crippen molar-refractivity contribution in [1.82, 2.24) is 0 Å². The molecule has 0 heterocycles. The average Bonchev–Trinajstić information content (AvgIpc) is 2.15. The molecule has 0 spiro atoms. The Balaban J connectivity index is 2.76. The van der Waals surface area contributed by atoms with Gasteiger partial charge in [0.15, 0.2) is 0 Å². The lowest BCUT2D eigenvalue weighted by molar-refractivity contribution is -0.0149. The van der Waals surface area contributed by atoms with Gasteiger partial charge in [-0.3, -0.25) is 0 Å². The van der Waals surface area contributed by atoms with E-state index in [1.165, 1.54) is 12.1 Å². The van der Waals surface area contributed by atoms with Crippen LogP contribution in [0, 0.1) is 12.4 Å². The lowest BCUT2D eigenvalue weighted by atomic mass is 10.1. The predicted molar refractivity (Wildman–Crippen MR) is 57.2 cm³/mol. The minimum atomic E-state index is -0.482. The molecule has 15 heavy (non-hydrogen) atoms. The first kappa shape index (κ1) is 11.7. The van der Waals surface area contributed by atoms with Gasteiger partial charge in [0.05, 0.1) is 18.8 Å². The highest BCUT2D eigenvalue weighted by molar-refractivity contribution is 5.47. The maximum Gasteiger partial charge on any atom is 0.222 e. The van der Waals surface area contributed by atoms with Crippen LogP contribution in [-0.2, 0) is 11.3 Å². The molecule has 0 aliphatic carbocycles. The Bertz CT molecular complexity index is 388. The van der Waals surface area contributed by atoms with E-state index in [4.69, 9.17) is 11.3 Å². The molecule has 1 aromatic rings. The number of halogens is 1. The molecule has 0 unspecified atom stereocenters. The summed E-state index contributed by atoms with van der Waals surface area (Å²) in [6.45, 7) is 13.0. The van der Waals surface area contributed by atoms with Gasteiger partial charge in [0.1, 0.15) is 5.82 Å². The van der Waals surface area contributed by atoms with E-state index in [2.05, 4.69) is 4.85 Å². The van der Waals surface area contributed by atoms with Gasteiger partial charge in [-0.05, 0) is 38.5 Å². The highest BCUT2D eigenvalue weighted by atomic mass is 19.1. The zero-order valence-electron chi connectivity index (χ0n) is 9.17. The van der Waals surface area contributed by atoms with E-state index < -0.39 is 5.82 Å². The summed E-state index contributed by atoms with van der Waals surface area (Å²) in [5, 5.41) is 0. The van der Waals surface area contributed by atoms with Crippen molar-refractivity contribution >= 4 is 5.69 Å². The SMILES string of the molecule is [C-]#[N+]c1cc(COC(C)(C)C)ccc1F. The van der Waals surface area contributed by atoms with Gasteiger partial charge in [-0.2, -0.15) is 0 Å². The lowest BCUT2D eigenvalue weighted by Gasteiger charge is -2.19. The molecule has 0 fully saturated rings. The van der Waals surface area contributed by atoms with E-state index in [0.29, 0.717) is 6.61 Å². The van der Waals surface area contributed by atoms with Crippen LogP contribution in [-0.4, -0.2) is 5.60 Å². The minimum absolute atomic E-state index is 0.0463. The Kier molecular flexibility index (Phi) is 3.43. The van der Waals surface area contributed by atoms with Crippen LogP contribution in [0.5, 0.6) is 0 Å². The zero-order chi connectivity index (χ0) is 11.5. The molecule has 0 amide bonds. The largest absolute Gasteiger partial charge is 0.371 e. The Hall–Kier alpha value is -1.40. The highest BCUT2D eigenvalue weighted by Crippen LogP contribution is 2.21. The highest BCUT2D eigenvalue weighted by Gasteiger charge is 2.10. The van der Waals surface area contributed by atoms with Crippen molar-refractivity contribution < 1.29 is 9.13 Å². The summed E-state index contributed by atoms with van der Waals surface area (Å²) in [5.41, 5.74) is 0.634. The molecular formula is C12H14FNO. The smallest absolute Gasteiger partial charge is 0.222 e. The van der Waals surface area contributed by atoms with Crippen molar-refractivity contribution in [2.24, 2.45) is 0 Å². The number of ether oxygens (including phenoxy) is 1. The van der Waals surface area contributed by atoms with Crippen molar-refractivity contribution in [2.75, 3.05) is 0 Å². The molecular weight excluding hydrogens is 193 g/mol. The van der Waals surface area contributed by atoms with E-state index >= 15 is 0 Å². The molecule has 3 heteroatoms. The summed E-state index contributed by atoms with van der Waals surface area (Å²) in [7, 11) is 0. The summed E-state index contributed by atoms with van der Waals surface area (Å²) in [6.07, 6.45) is 0. The summed E-state index contributed by atoms with van der Waals surface area (Å²) in [4.78, 5) is 3.09. The molecule has 0 aliphatic rings. The first-order valence-corrected chi connectivity index (χ1v) is 4.72. The zero-order valence-corrected chi connectivity index (χ0v) is 9.17. The second-order valence-corrected chi connectivity index (χ2v) is 4.30. The maximum absolute atomic E-state index is 13.0. The Morgan fingerprint density at radius 2 is 2.07 bits per heavy atom. The first-order valence-electron chi connectivity index (χ1n) is 4.72. The first-order chi connectivity index (χ1) is 6.92. The molecule has 0 saturated heterocycles. The van der Waals surface area contributed by atoms with Crippen molar-refractivity contribution in [3.63, 3.8) is 0 Å². The van der Waals surface area contributed by atoms with Gasteiger partial charge in [-0.1, -0.05) is 6.07 Å². The molecule has 0 atom stereocenters. The third-order valence-corrected chi connectivity index (χ3v) is 1.80. The molecule has 1 aromatic carbocycles. The van der Waals surface area contributed by atoms with Crippen molar-refractivity contribution in [3.8, 4) is 0 Å². The topological polar surface area (TPSA) is 13.6 Å². The van der Waals surface area contributed by atoms with E-state index in [9.17, 15) is 4.39 Å². The third kappa shape index (κ3) is 3.69. The Labute approximate surface area is 89.5 Å². The van der Waals surface area contributed by atoms with Crippen LogP contribution < -0.4 is 0 Å². The van der Waals surface area contributed by atoms with Crippen molar-refractivity contribution in [3.05, 3.63) is 41.0 Å². The number of nitrogens with zero attached hydrogens (tertiary/aromatic N) is 1. The molecule has 0 aromatic heterocycles. The van der Waals surface area contributed by atoms with Crippen LogP contribution >= 0.6 is 0 Å².